The lowest BCUT2D eigenvalue weighted by atomic mass is 9.96. The quantitative estimate of drug-likeness (QED) is 0.181. The van der Waals surface area contributed by atoms with Crippen LogP contribution in [0.4, 0.5) is 0 Å². The summed E-state index contributed by atoms with van der Waals surface area (Å²) in [6.07, 6.45) is 1.76. The van der Waals surface area contributed by atoms with E-state index in [0.29, 0.717) is 63.8 Å². The van der Waals surface area contributed by atoms with Gasteiger partial charge in [-0.15, -0.1) is 0 Å². The number of fused-ring (bicyclic) bond motifs is 1. The number of aromatic nitrogens is 1. The second kappa shape index (κ2) is 13.3. The normalized spacial score (nSPS) is 14.8. The van der Waals surface area contributed by atoms with E-state index in [-0.39, 0.29) is 17.7 Å². The summed E-state index contributed by atoms with van der Waals surface area (Å²) >= 11 is 23.3. The molecule has 3 aromatic carbocycles. The standard InChI is InChI=1S/C31H24BrCl3N2O5S/c1-4-41-24-12-17(11-22(32)28(24)42-15-19-7-10-21(34)14-23(19)35)13-25-29(38)37-27(18-5-8-20(33)9-6-18)26(30(39)40-3)16(2)36-31(37)43-25/h5-14,27H,4,15H2,1-3H3/b25-13-/t27-/m0/s1. The Hall–Kier alpha value is -3.08. The Balaban J connectivity index is 1.58. The van der Waals surface area contributed by atoms with Crippen molar-refractivity contribution in [1.82, 2.24) is 4.57 Å². The van der Waals surface area contributed by atoms with Crippen molar-refractivity contribution in [3.8, 4) is 11.5 Å². The second-order valence-corrected chi connectivity index (χ2v) is 12.6. The van der Waals surface area contributed by atoms with E-state index in [0.717, 1.165) is 5.56 Å². The van der Waals surface area contributed by atoms with Gasteiger partial charge in [-0.2, -0.15) is 0 Å². The second-order valence-electron chi connectivity index (χ2n) is 9.41. The maximum atomic E-state index is 13.9. The predicted octanol–water partition coefficient (Wildman–Crippen LogP) is 7.11. The lowest BCUT2D eigenvalue weighted by Crippen LogP contribution is -2.39. The zero-order valence-electron chi connectivity index (χ0n) is 23.1. The van der Waals surface area contributed by atoms with Crippen LogP contribution < -0.4 is 24.4 Å². The summed E-state index contributed by atoms with van der Waals surface area (Å²) in [5.41, 5.74) is 2.63. The van der Waals surface area contributed by atoms with Gasteiger partial charge < -0.3 is 14.2 Å². The minimum atomic E-state index is -0.732. The van der Waals surface area contributed by atoms with Crippen LogP contribution in [0.15, 0.2) is 80.1 Å². The van der Waals surface area contributed by atoms with E-state index in [1.807, 2.05) is 13.0 Å². The minimum Gasteiger partial charge on any atom is -0.490 e. The van der Waals surface area contributed by atoms with Crippen molar-refractivity contribution < 1.29 is 19.0 Å². The van der Waals surface area contributed by atoms with Gasteiger partial charge in [-0.1, -0.05) is 64.3 Å². The van der Waals surface area contributed by atoms with Crippen LogP contribution in [0.1, 0.15) is 36.6 Å². The van der Waals surface area contributed by atoms with E-state index >= 15 is 0 Å². The fraction of sp³-hybridized carbons (Fsp3) is 0.194. The molecule has 0 unspecified atom stereocenters. The topological polar surface area (TPSA) is 79.1 Å². The van der Waals surface area contributed by atoms with Gasteiger partial charge in [-0.05, 0) is 83.4 Å². The first kappa shape index (κ1) is 31.3. The average Bonchev–Trinajstić information content (AvgIpc) is 3.27. The molecule has 1 atom stereocenters. The minimum absolute atomic E-state index is 0.194. The Morgan fingerprint density at radius 3 is 2.47 bits per heavy atom. The van der Waals surface area contributed by atoms with Gasteiger partial charge in [0.25, 0.3) is 5.56 Å². The van der Waals surface area contributed by atoms with E-state index in [1.165, 1.54) is 23.0 Å². The summed E-state index contributed by atoms with van der Waals surface area (Å²) < 4.78 is 19.6. The number of rotatable bonds is 8. The molecule has 2 heterocycles. The van der Waals surface area contributed by atoms with Crippen molar-refractivity contribution in [3.63, 3.8) is 0 Å². The molecule has 5 rings (SSSR count). The van der Waals surface area contributed by atoms with Crippen LogP contribution in [0.25, 0.3) is 6.08 Å². The summed E-state index contributed by atoms with van der Waals surface area (Å²) in [6.45, 7) is 4.19. The largest absolute Gasteiger partial charge is 0.490 e. The molecular formula is C31H24BrCl3N2O5S. The van der Waals surface area contributed by atoms with E-state index in [9.17, 15) is 9.59 Å². The van der Waals surface area contributed by atoms with Crippen LogP contribution in [-0.4, -0.2) is 24.3 Å². The zero-order valence-corrected chi connectivity index (χ0v) is 27.8. The van der Waals surface area contributed by atoms with Crippen LogP contribution in [0.3, 0.4) is 0 Å². The molecule has 0 amide bonds. The molecule has 0 radical (unpaired) electrons. The number of methoxy groups -OCH3 is 1. The predicted molar refractivity (Wildman–Crippen MR) is 173 cm³/mol. The van der Waals surface area contributed by atoms with Gasteiger partial charge >= 0.3 is 5.97 Å². The Labute approximate surface area is 274 Å². The number of carbonyl (C=O) groups is 1. The third kappa shape index (κ3) is 6.56. The number of thiazole rings is 1. The molecule has 7 nitrogen and oxygen atoms in total. The van der Waals surface area contributed by atoms with E-state index in [1.54, 1.807) is 61.5 Å². The van der Waals surface area contributed by atoms with Crippen molar-refractivity contribution in [1.29, 1.82) is 0 Å². The van der Waals surface area contributed by atoms with E-state index in [4.69, 9.17) is 49.0 Å². The van der Waals surface area contributed by atoms with Gasteiger partial charge in [0.1, 0.15) is 6.61 Å². The zero-order chi connectivity index (χ0) is 30.8. The monoisotopic (exact) mass is 720 g/mol. The van der Waals surface area contributed by atoms with Crippen LogP contribution in [0.5, 0.6) is 11.5 Å². The number of carbonyl (C=O) groups excluding carboxylic acids is 1. The fourth-order valence-electron chi connectivity index (χ4n) is 4.67. The number of esters is 1. The molecular weight excluding hydrogens is 699 g/mol. The molecule has 1 aliphatic rings. The fourth-order valence-corrected chi connectivity index (χ4v) is 6.88. The van der Waals surface area contributed by atoms with Gasteiger partial charge in [-0.25, -0.2) is 9.79 Å². The molecule has 43 heavy (non-hydrogen) atoms. The number of benzene rings is 3. The van der Waals surface area contributed by atoms with Crippen LogP contribution in [0, 0.1) is 0 Å². The Morgan fingerprint density at radius 1 is 1.07 bits per heavy atom. The van der Waals surface area contributed by atoms with Crippen molar-refractivity contribution in [2.75, 3.05) is 13.7 Å². The molecule has 0 saturated heterocycles. The molecule has 0 saturated carbocycles. The van der Waals surface area contributed by atoms with Gasteiger partial charge in [-0.3, -0.25) is 9.36 Å². The highest BCUT2D eigenvalue weighted by molar-refractivity contribution is 9.10. The highest BCUT2D eigenvalue weighted by atomic mass is 79.9. The first-order chi connectivity index (χ1) is 20.6. The molecule has 0 N–H and O–H groups in total. The van der Waals surface area contributed by atoms with Crippen LogP contribution in [0.2, 0.25) is 15.1 Å². The highest BCUT2D eigenvalue weighted by Crippen LogP contribution is 2.38. The first-order valence-electron chi connectivity index (χ1n) is 13.0. The summed E-state index contributed by atoms with van der Waals surface area (Å²) in [5.74, 6) is 0.424. The van der Waals surface area contributed by atoms with E-state index < -0.39 is 12.0 Å². The molecule has 0 aliphatic carbocycles. The SMILES string of the molecule is CCOc1cc(/C=c2\sc3n(c2=O)[C@@H](c2ccc(Cl)cc2)C(C(=O)OC)=C(C)N=3)cc(Br)c1OCc1ccc(Cl)cc1Cl. The van der Waals surface area contributed by atoms with Gasteiger partial charge in [0.2, 0.25) is 0 Å². The number of hydrogen-bond donors (Lipinski definition) is 0. The molecule has 0 bridgehead atoms. The third-order valence-electron chi connectivity index (χ3n) is 6.63. The third-order valence-corrected chi connectivity index (χ3v) is 9.04. The number of allylic oxidation sites excluding steroid dienone is 1. The summed E-state index contributed by atoms with van der Waals surface area (Å²) in [4.78, 5) is 31.8. The average molecular weight is 723 g/mol. The smallest absolute Gasteiger partial charge is 0.338 e. The highest BCUT2D eigenvalue weighted by Gasteiger charge is 2.33. The summed E-state index contributed by atoms with van der Waals surface area (Å²) in [6, 6.07) is 15.1. The number of ether oxygens (including phenoxy) is 3. The van der Waals surface area contributed by atoms with Gasteiger partial charge in [0.15, 0.2) is 16.3 Å². The molecule has 4 aromatic rings. The van der Waals surface area contributed by atoms with Crippen molar-refractivity contribution >= 4 is 74.1 Å². The first-order valence-corrected chi connectivity index (χ1v) is 15.7. The molecule has 222 valence electrons. The molecule has 12 heteroatoms. The van der Waals surface area contributed by atoms with Crippen molar-refractivity contribution in [2.24, 2.45) is 4.99 Å². The summed E-state index contributed by atoms with van der Waals surface area (Å²) in [5, 5.41) is 1.57. The number of halogens is 4. The van der Waals surface area contributed by atoms with E-state index in [2.05, 4.69) is 20.9 Å². The lowest BCUT2D eigenvalue weighted by molar-refractivity contribution is -0.136. The van der Waals surface area contributed by atoms with Crippen LogP contribution >= 0.6 is 62.1 Å². The molecule has 1 aliphatic heterocycles. The molecule has 1 aromatic heterocycles. The molecule has 0 spiro atoms. The van der Waals surface area contributed by atoms with Gasteiger partial charge in [0, 0.05) is 20.6 Å². The maximum Gasteiger partial charge on any atom is 0.338 e. The Kier molecular flexibility index (Phi) is 9.68. The number of nitrogens with zero attached hydrogens (tertiary/aromatic N) is 2. The number of hydrogen-bond acceptors (Lipinski definition) is 7. The van der Waals surface area contributed by atoms with Crippen molar-refractivity contribution in [3.05, 3.63) is 122 Å². The van der Waals surface area contributed by atoms with Crippen LogP contribution in [-0.2, 0) is 16.1 Å². The molecule has 0 fully saturated rings. The summed E-state index contributed by atoms with van der Waals surface area (Å²) in [7, 11) is 1.30. The maximum absolute atomic E-state index is 13.9. The Morgan fingerprint density at radius 2 is 1.79 bits per heavy atom. The lowest BCUT2D eigenvalue weighted by Gasteiger charge is -2.24. The Bertz CT molecular complexity index is 1940. The van der Waals surface area contributed by atoms with Crippen molar-refractivity contribution in [2.45, 2.75) is 26.5 Å². The van der Waals surface area contributed by atoms with Gasteiger partial charge in [0.05, 0.1) is 40.0 Å².